The molecule has 21 heavy (non-hydrogen) atoms. The number of nitrogens with zero attached hydrogens (tertiary/aromatic N) is 2. The van der Waals surface area contributed by atoms with Gasteiger partial charge >= 0.3 is 0 Å². The summed E-state index contributed by atoms with van der Waals surface area (Å²) in [6, 6.07) is 3.31. The van der Waals surface area contributed by atoms with E-state index in [-0.39, 0.29) is 35.3 Å². The van der Waals surface area contributed by atoms with Gasteiger partial charge in [-0.2, -0.15) is 0 Å². The Hall–Kier alpha value is -2.23. The Kier molecular flexibility index (Phi) is 4.07. The predicted octanol–water partition coefficient (Wildman–Crippen LogP) is 1.35. The lowest BCUT2D eigenvalue weighted by Crippen LogP contribution is -2.16. The molecule has 1 aliphatic heterocycles. The van der Waals surface area contributed by atoms with Gasteiger partial charge < -0.3 is 5.32 Å². The first-order valence-corrected chi connectivity index (χ1v) is 7.98. The standard InChI is InChI=1S/C11H13N3O6S/c15-13(16)9-1-2-10(11(5-9)14(17)18)12-6-8-3-4-21(19,20)7-8/h1-2,5,8,12H,3-4,6-7H2/t8-/m1/s1. The number of nitro benzene ring substituents is 2. The first-order valence-electron chi connectivity index (χ1n) is 6.15. The average Bonchev–Trinajstić information content (AvgIpc) is 2.75. The van der Waals surface area contributed by atoms with Crippen LogP contribution < -0.4 is 5.32 Å². The van der Waals surface area contributed by atoms with Crippen LogP contribution in [0.3, 0.4) is 0 Å². The van der Waals surface area contributed by atoms with E-state index in [0.717, 1.165) is 6.07 Å². The molecule has 0 aromatic heterocycles. The second kappa shape index (κ2) is 5.64. The summed E-state index contributed by atoms with van der Waals surface area (Å²) in [5, 5.41) is 24.4. The molecule has 1 atom stereocenters. The van der Waals surface area contributed by atoms with Crippen molar-refractivity contribution < 1.29 is 18.3 Å². The van der Waals surface area contributed by atoms with Crippen molar-refractivity contribution in [2.45, 2.75) is 6.42 Å². The Morgan fingerprint density at radius 3 is 2.48 bits per heavy atom. The molecule has 10 heteroatoms. The zero-order valence-electron chi connectivity index (χ0n) is 10.9. The largest absolute Gasteiger partial charge is 0.379 e. The van der Waals surface area contributed by atoms with Gasteiger partial charge in [0, 0.05) is 12.6 Å². The number of nitro groups is 2. The maximum Gasteiger partial charge on any atom is 0.299 e. The van der Waals surface area contributed by atoms with Crippen molar-refractivity contribution >= 4 is 26.9 Å². The summed E-state index contributed by atoms with van der Waals surface area (Å²) in [5.41, 5.74) is -0.615. The monoisotopic (exact) mass is 315 g/mol. The van der Waals surface area contributed by atoms with E-state index >= 15 is 0 Å². The van der Waals surface area contributed by atoms with Gasteiger partial charge in [0.25, 0.3) is 11.4 Å². The van der Waals surface area contributed by atoms with Gasteiger partial charge in [-0.15, -0.1) is 0 Å². The lowest BCUT2D eigenvalue weighted by atomic mass is 10.1. The minimum atomic E-state index is -3.01. The highest BCUT2D eigenvalue weighted by molar-refractivity contribution is 7.91. The zero-order valence-corrected chi connectivity index (χ0v) is 11.7. The van der Waals surface area contributed by atoms with Crippen LogP contribution in [-0.4, -0.2) is 36.3 Å². The third-order valence-electron chi connectivity index (χ3n) is 3.30. The third kappa shape index (κ3) is 3.66. The molecule has 0 aliphatic carbocycles. The van der Waals surface area contributed by atoms with Crippen molar-refractivity contribution in [2.24, 2.45) is 5.92 Å². The van der Waals surface area contributed by atoms with Crippen molar-refractivity contribution in [1.29, 1.82) is 0 Å². The number of anilines is 1. The van der Waals surface area contributed by atoms with Crippen LogP contribution >= 0.6 is 0 Å². The molecule has 0 amide bonds. The molecule has 0 spiro atoms. The average molecular weight is 315 g/mol. The molecule has 2 rings (SSSR count). The van der Waals surface area contributed by atoms with Gasteiger partial charge in [-0.25, -0.2) is 8.42 Å². The summed E-state index contributed by atoms with van der Waals surface area (Å²) < 4.78 is 22.7. The summed E-state index contributed by atoms with van der Waals surface area (Å²) in [4.78, 5) is 20.1. The quantitative estimate of drug-likeness (QED) is 0.640. The van der Waals surface area contributed by atoms with Gasteiger partial charge in [0.1, 0.15) is 5.69 Å². The summed E-state index contributed by atoms with van der Waals surface area (Å²) in [6.45, 7) is 0.276. The van der Waals surface area contributed by atoms with Crippen LogP contribution in [0.5, 0.6) is 0 Å². The first-order chi connectivity index (χ1) is 9.78. The molecule has 9 nitrogen and oxygen atoms in total. The van der Waals surface area contributed by atoms with Crippen LogP contribution in [0.4, 0.5) is 17.1 Å². The normalized spacial score (nSPS) is 20.1. The van der Waals surface area contributed by atoms with Crippen molar-refractivity contribution in [3.63, 3.8) is 0 Å². The Morgan fingerprint density at radius 2 is 1.95 bits per heavy atom. The molecule has 1 heterocycles. The first kappa shape index (κ1) is 15.2. The second-order valence-corrected chi connectivity index (χ2v) is 7.09. The molecule has 0 unspecified atom stereocenters. The van der Waals surface area contributed by atoms with Crippen molar-refractivity contribution in [3.8, 4) is 0 Å². The van der Waals surface area contributed by atoms with Gasteiger partial charge in [0.2, 0.25) is 0 Å². The smallest absolute Gasteiger partial charge is 0.299 e. The van der Waals surface area contributed by atoms with Crippen LogP contribution in [0.15, 0.2) is 18.2 Å². The zero-order chi connectivity index (χ0) is 15.6. The fourth-order valence-corrected chi connectivity index (χ4v) is 4.08. The molecular weight excluding hydrogens is 302 g/mol. The van der Waals surface area contributed by atoms with E-state index in [1.165, 1.54) is 12.1 Å². The minimum absolute atomic E-state index is 0.0563. The number of nitrogens with one attached hydrogen (secondary N) is 1. The van der Waals surface area contributed by atoms with Crippen molar-refractivity contribution in [2.75, 3.05) is 23.4 Å². The molecule has 1 aromatic rings. The summed E-state index contributed by atoms with van der Waals surface area (Å²) in [7, 11) is -3.01. The Balaban J connectivity index is 2.13. The molecule has 1 N–H and O–H groups in total. The van der Waals surface area contributed by atoms with Gasteiger partial charge in [-0.3, -0.25) is 20.2 Å². The van der Waals surface area contributed by atoms with Gasteiger partial charge in [0.15, 0.2) is 9.84 Å². The van der Waals surface area contributed by atoms with E-state index in [9.17, 15) is 28.6 Å². The number of hydrogen-bond donors (Lipinski definition) is 1. The maximum atomic E-state index is 11.3. The van der Waals surface area contributed by atoms with Crippen LogP contribution in [0.1, 0.15) is 6.42 Å². The van der Waals surface area contributed by atoms with Crippen LogP contribution in [0, 0.1) is 26.1 Å². The number of benzene rings is 1. The highest BCUT2D eigenvalue weighted by atomic mass is 32.2. The number of non-ortho nitro benzene ring substituents is 1. The van der Waals surface area contributed by atoms with E-state index in [1.54, 1.807) is 0 Å². The van der Waals surface area contributed by atoms with Crippen molar-refractivity contribution in [3.05, 3.63) is 38.4 Å². The molecule has 0 radical (unpaired) electrons. The van der Waals surface area contributed by atoms with E-state index in [2.05, 4.69) is 5.32 Å². The molecule has 1 fully saturated rings. The lowest BCUT2D eigenvalue weighted by Gasteiger charge is -2.10. The minimum Gasteiger partial charge on any atom is -0.379 e. The fourth-order valence-electron chi connectivity index (χ4n) is 2.22. The Morgan fingerprint density at radius 1 is 1.24 bits per heavy atom. The molecule has 0 bridgehead atoms. The van der Waals surface area contributed by atoms with Gasteiger partial charge in [-0.05, 0) is 18.4 Å². The van der Waals surface area contributed by atoms with Crippen molar-refractivity contribution in [1.82, 2.24) is 0 Å². The molecule has 114 valence electrons. The van der Waals surface area contributed by atoms with Crippen LogP contribution in [-0.2, 0) is 9.84 Å². The third-order valence-corrected chi connectivity index (χ3v) is 5.13. The van der Waals surface area contributed by atoms with Crippen LogP contribution in [0.2, 0.25) is 0 Å². The van der Waals surface area contributed by atoms with Gasteiger partial charge in [0.05, 0.1) is 27.4 Å². The van der Waals surface area contributed by atoms with E-state index in [0.29, 0.717) is 6.42 Å². The topological polar surface area (TPSA) is 132 Å². The molecule has 1 saturated heterocycles. The number of rotatable bonds is 5. The Labute approximate surface area is 120 Å². The van der Waals surface area contributed by atoms with Gasteiger partial charge in [-0.1, -0.05) is 0 Å². The van der Waals surface area contributed by atoms with Crippen LogP contribution in [0.25, 0.3) is 0 Å². The predicted molar refractivity (Wildman–Crippen MR) is 75.0 cm³/mol. The van der Waals surface area contributed by atoms with E-state index < -0.39 is 25.4 Å². The summed E-state index contributed by atoms with van der Waals surface area (Å²) in [5.74, 6) is 0.0763. The lowest BCUT2D eigenvalue weighted by molar-refractivity contribution is -0.393. The molecule has 1 aromatic carbocycles. The molecule has 1 aliphatic rings. The summed E-state index contributed by atoms with van der Waals surface area (Å²) >= 11 is 0. The number of sulfone groups is 1. The molecule has 0 saturated carbocycles. The highest BCUT2D eigenvalue weighted by Crippen LogP contribution is 2.29. The SMILES string of the molecule is O=[N+]([O-])c1ccc(NC[C@H]2CCS(=O)(=O)C2)c([N+](=O)[O-])c1. The fraction of sp³-hybridized carbons (Fsp3) is 0.455. The maximum absolute atomic E-state index is 11.3. The summed E-state index contributed by atoms with van der Waals surface area (Å²) in [6.07, 6.45) is 0.510. The van der Waals surface area contributed by atoms with E-state index in [4.69, 9.17) is 0 Å². The van der Waals surface area contributed by atoms with E-state index in [1.807, 2.05) is 0 Å². The second-order valence-electron chi connectivity index (χ2n) is 4.87. The highest BCUT2D eigenvalue weighted by Gasteiger charge is 2.28. The Bertz CT molecular complexity index is 687. The molecular formula is C11H13N3O6S. The number of hydrogen-bond acceptors (Lipinski definition) is 7.